The average molecular weight is 345 g/mol. The van der Waals surface area contributed by atoms with Gasteiger partial charge in [-0.05, 0) is 48.1 Å². The molecule has 1 aromatic heterocycles. The van der Waals surface area contributed by atoms with Crippen molar-refractivity contribution < 1.29 is 9.72 Å². The van der Waals surface area contributed by atoms with Gasteiger partial charge in [-0.3, -0.25) is 14.9 Å². The number of nitro groups is 1. The Hall–Kier alpha value is -2.51. The summed E-state index contributed by atoms with van der Waals surface area (Å²) in [6.07, 6.45) is 2.96. The molecule has 6 nitrogen and oxygen atoms in total. The molecular weight excluding hydrogens is 326 g/mol. The van der Waals surface area contributed by atoms with Gasteiger partial charge in [0.15, 0.2) is 0 Å². The molecule has 0 fully saturated rings. The van der Waals surface area contributed by atoms with E-state index in [0.717, 1.165) is 5.56 Å². The number of benzene rings is 1. The highest BCUT2D eigenvalue weighted by Crippen LogP contribution is 2.20. The highest BCUT2D eigenvalue weighted by Gasteiger charge is 2.14. The minimum Gasteiger partial charge on any atom is -0.351 e. The summed E-state index contributed by atoms with van der Waals surface area (Å²) in [7, 11) is 3.93. The summed E-state index contributed by atoms with van der Waals surface area (Å²) < 4.78 is 0. The number of hydrogen-bond donors (Lipinski definition) is 1. The van der Waals surface area contributed by atoms with E-state index in [9.17, 15) is 14.9 Å². The predicted molar refractivity (Wildman–Crippen MR) is 95.9 cm³/mol. The van der Waals surface area contributed by atoms with Crippen LogP contribution in [0.25, 0.3) is 6.08 Å². The van der Waals surface area contributed by atoms with Crippen LogP contribution in [0, 0.1) is 10.1 Å². The molecule has 1 N–H and O–H groups in total. The number of non-ortho nitro benzene ring substituents is 1. The maximum atomic E-state index is 12.0. The Balaban J connectivity index is 1.95. The lowest BCUT2D eigenvalue weighted by Gasteiger charge is -2.23. The number of rotatable bonds is 7. The second kappa shape index (κ2) is 8.37. The van der Waals surface area contributed by atoms with Crippen LogP contribution in [-0.4, -0.2) is 36.4 Å². The normalized spacial score (nSPS) is 12.5. The smallest absolute Gasteiger partial charge is 0.270 e. The third kappa shape index (κ3) is 5.00. The van der Waals surface area contributed by atoms with Gasteiger partial charge in [-0.15, -0.1) is 0 Å². The van der Waals surface area contributed by atoms with Crippen molar-refractivity contribution >= 4 is 29.0 Å². The number of nitrogens with zero attached hydrogens (tertiary/aromatic N) is 2. The summed E-state index contributed by atoms with van der Waals surface area (Å²) in [6.45, 7) is 0.488. The van der Waals surface area contributed by atoms with E-state index in [-0.39, 0.29) is 17.6 Å². The van der Waals surface area contributed by atoms with E-state index in [1.165, 1.54) is 18.2 Å². The molecule has 1 heterocycles. The van der Waals surface area contributed by atoms with Crippen LogP contribution in [-0.2, 0) is 4.79 Å². The summed E-state index contributed by atoms with van der Waals surface area (Å²) in [4.78, 5) is 24.3. The van der Waals surface area contributed by atoms with Gasteiger partial charge in [0.1, 0.15) is 0 Å². The van der Waals surface area contributed by atoms with Gasteiger partial charge < -0.3 is 10.2 Å². The molecule has 0 saturated heterocycles. The van der Waals surface area contributed by atoms with E-state index in [2.05, 4.69) is 10.7 Å². The first kappa shape index (κ1) is 17.8. The summed E-state index contributed by atoms with van der Waals surface area (Å²) in [6, 6.07) is 8.29. The van der Waals surface area contributed by atoms with Gasteiger partial charge in [-0.1, -0.05) is 12.1 Å². The van der Waals surface area contributed by atoms with Crippen molar-refractivity contribution in [2.75, 3.05) is 20.6 Å². The van der Waals surface area contributed by atoms with Crippen LogP contribution in [0.2, 0.25) is 0 Å². The lowest BCUT2D eigenvalue weighted by Crippen LogP contribution is -2.33. The van der Waals surface area contributed by atoms with Crippen LogP contribution < -0.4 is 5.32 Å². The van der Waals surface area contributed by atoms with Crippen LogP contribution in [0.4, 0.5) is 5.69 Å². The molecular formula is C17H19N3O3S. The highest BCUT2D eigenvalue weighted by atomic mass is 32.1. The van der Waals surface area contributed by atoms with Crippen LogP contribution in [0.3, 0.4) is 0 Å². The zero-order valence-corrected chi connectivity index (χ0v) is 14.3. The van der Waals surface area contributed by atoms with Gasteiger partial charge in [0.2, 0.25) is 5.91 Å². The van der Waals surface area contributed by atoms with E-state index in [1.807, 2.05) is 30.4 Å². The fraction of sp³-hybridized carbons (Fsp3) is 0.235. The molecule has 0 radical (unpaired) electrons. The van der Waals surface area contributed by atoms with Gasteiger partial charge in [-0.2, -0.15) is 11.3 Å². The molecule has 24 heavy (non-hydrogen) atoms. The van der Waals surface area contributed by atoms with E-state index >= 15 is 0 Å². The van der Waals surface area contributed by atoms with E-state index in [4.69, 9.17) is 0 Å². The quantitative estimate of drug-likeness (QED) is 0.475. The highest BCUT2D eigenvalue weighted by molar-refractivity contribution is 7.07. The standard InChI is InChI=1S/C17H19N3O3S/c1-19(2)16(14-8-9-24-12-14)11-18-17(21)7-6-13-4-3-5-15(10-13)20(22)23/h3-10,12,16H,11H2,1-2H3,(H,18,21)/b7-6+/t16-/m0/s1. The minimum atomic E-state index is -0.458. The summed E-state index contributed by atoms with van der Waals surface area (Å²) in [5, 5.41) is 17.7. The summed E-state index contributed by atoms with van der Waals surface area (Å²) in [5.41, 5.74) is 1.77. The third-order valence-electron chi connectivity index (χ3n) is 3.53. The number of amides is 1. The van der Waals surface area contributed by atoms with Crippen LogP contribution >= 0.6 is 11.3 Å². The van der Waals surface area contributed by atoms with Crippen molar-refractivity contribution in [2.45, 2.75) is 6.04 Å². The van der Waals surface area contributed by atoms with E-state index in [0.29, 0.717) is 12.1 Å². The molecule has 1 amide bonds. The first-order valence-electron chi connectivity index (χ1n) is 7.36. The Kier molecular flexibility index (Phi) is 6.22. The van der Waals surface area contributed by atoms with Crippen molar-refractivity contribution in [2.24, 2.45) is 0 Å². The van der Waals surface area contributed by atoms with E-state index < -0.39 is 4.92 Å². The Bertz CT molecular complexity index is 726. The molecule has 2 aromatic rings. The number of nitrogens with one attached hydrogen (secondary N) is 1. The number of nitro benzene ring substituents is 1. The van der Waals surface area contributed by atoms with Gasteiger partial charge in [0.25, 0.3) is 5.69 Å². The molecule has 0 aliphatic rings. The second-order valence-electron chi connectivity index (χ2n) is 5.47. The molecule has 1 aromatic carbocycles. The van der Waals surface area contributed by atoms with Crippen LogP contribution in [0.1, 0.15) is 17.2 Å². The van der Waals surface area contributed by atoms with Crippen molar-refractivity contribution in [1.82, 2.24) is 10.2 Å². The molecule has 0 spiro atoms. The number of likely N-dealkylation sites (N-methyl/N-ethyl adjacent to an activating group) is 1. The molecule has 0 bridgehead atoms. The monoisotopic (exact) mass is 345 g/mol. The number of hydrogen-bond acceptors (Lipinski definition) is 5. The van der Waals surface area contributed by atoms with Crippen molar-refractivity contribution in [3.05, 3.63) is 68.4 Å². The summed E-state index contributed by atoms with van der Waals surface area (Å²) in [5.74, 6) is -0.233. The molecule has 0 saturated carbocycles. The van der Waals surface area contributed by atoms with Crippen molar-refractivity contribution in [3.63, 3.8) is 0 Å². The average Bonchev–Trinajstić information content (AvgIpc) is 3.07. The largest absolute Gasteiger partial charge is 0.351 e. The SMILES string of the molecule is CN(C)[C@@H](CNC(=O)/C=C/c1cccc([N+](=O)[O-])c1)c1ccsc1. The van der Waals surface area contributed by atoms with Gasteiger partial charge in [0, 0.05) is 24.8 Å². The molecule has 7 heteroatoms. The van der Waals surface area contributed by atoms with Crippen molar-refractivity contribution in [1.29, 1.82) is 0 Å². The number of carbonyl (C=O) groups is 1. The van der Waals surface area contributed by atoms with Crippen LogP contribution in [0.15, 0.2) is 47.2 Å². The zero-order chi connectivity index (χ0) is 17.5. The lowest BCUT2D eigenvalue weighted by atomic mass is 10.1. The lowest BCUT2D eigenvalue weighted by molar-refractivity contribution is -0.384. The Morgan fingerprint density at radius 1 is 1.42 bits per heavy atom. The van der Waals surface area contributed by atoms with Crippen molar-refractivity contribution in [3.8, 4) is 0 Å². The predicted octanol–water partition coefficient (Wildman–Crippen LogP) is 3.09. The third-order valence-corrected chi connectivity index (χ3v) is 4.23. The molecule has 126 valence electrons. The summed E-state index contributed by atoms with van der Waals surface area (Å²) >= 11 is 1.62. The number of carbonyl (C=O) groups excluding carboxylic acids is 1. The number of thiophene rings is 1. The van der Waals surface area contributed by atoms with Gasteiger partial charge >= 0.3 is 0 Å². The minimum absolute atomic E-state index is 0.00249. The first-order valence-corrected chi connectivity index (χ1v) is 8.30. The maximum absolute atomic E-state index is 12.0. The zero-order valence-electron chi connectivity index (χ0n) is 13.5. The van der Waals surface area contributed by atoms with Gasteiger partial charge in [0.05, 0.1) is 11.0 Å². The van der Waals surface area contributed by atoms with E-state index in [1.54, 1.807) is 29.5 Å². The Morgan fingerprint density at radius 2 is 2.21 bits per heavy atom. The van der Waals surface area contributed by atoms with Crippen LogP contribution in [0.5, 0.6) is 0 Å². The first-order chi connectivity index (χ1) is 11.5. The molecule has 0 aliphatic carbocycles. The van der Waals surface area contributed by atoms with Gasteiger partial charge in [-0.25, -0.2) is 0 Å². The second-order valence-corrected chi connectivity index (χ2v) is 6.25. The molecule has 1 atom stereocenters. The molecule has 2 rings (SSSR count). The topological polar surface area (TPSA) is 75.5 Å². The Morgan fingerprint density at radius 3 is 2.83 bits per heavy atom. The maximum Gasteiger partial charge on any atom is 0.270 e. The molecule has 0 unspecified atom stereocenters. The fourth-order valence-electron chi connectivity index (χ4n) is 2.23. The molecule has 0 aliphatic heterocycles. The fourth-order valence-corrected chi connectivity index (χ4v) is 2.94. The Labute approximate surface area is 144 Å².